The van der Waals surface area contributed by atoms with Gasteiger partial charge in [-0.2, -0.15) is 0 Å². The zero-order valence-corrected chi connectivity index (χ0v) is 17.9. The number of amides is 1. The molecule has 0 bridgehead atoms. The van der Waals surface area contributed by atoms with Crippen LogP contribution in [0.2, 0.25) is 0 Å². The average Bonchev–Trinajstić information content (AvgIpc) is 3.60. The van der Waals surface area contributed by atoms with Crippen LogP contribution in [0.15, 0.2) is 42.5 Å². The van der Waals surface area contributed by atoms with Gasteiger partial charge in [-0.25, -0.2) is 8.78 Å². The maximum Gasteiger partial charge on any atom is 0.237 e. The van der Waals surface area contributed by atoms with Crippen LogP contribution in [0.1, 0.15) is 24.0 Å². The van der Waals surface area contributed by atoms with Crippen LogP contribution >= 0.6 is 0 Å². The summed E-state index contributed by atoms with van der Waals surface area (Å²) >= 11 is 0. The fraction of sp³-hybridized carbons (Fsp3) is 0.458. The van der Waals surface area contributed by atoms with Gasteiger partial charge >= 0.3 is 0 Å². The Morgan fingerprint density at radius 3 is 2.39 bits per heavy atom. The molecule has 2 aromatic rings. The number of piperazine rings is 1. The van der Waals surface area contributed by atoms with Crippen molar-refractivity contribution < 1.29 is 18.3 Å². The topological polar surface area (TPSA) is 36.0 Å². The van der Waals surface area contributed by atoms with E-state index < -0.39 is 0 Å². The zero-order valence-electron chi connectivity index (χ0n) is 17.9. The van der Waals surface area contributed by atoms with E-state index in [2.05, 4.69) is 9.80 Å². The van der Waals surface area contributed by atoms with Crippen molar-refractivity contribution in [2.75, 3.05) is 39.8 Å². The number of carbonyl (C=O) groups is 1. The summed E-state index contributed by atoms with van der Waals surface area (Å²) in [6.07, 6.45) is 1.98. The van der Waals surface area contributed by atoms with Crippen LogP contribution in [0.3, 0.4) is 0 Å². The molecule has 7 heteroatoms. The Morgan fingerprint density at radius 1 is 1.03 bits per heavy atom. The second-order valence-electron chi connectivity index (χ2n) is 8.37. The minimum absolute atomic E-state index is 0.0661. The van der Waals surface area contributed by atoms with Gasteiger partial charge in [-0.3, -0.25) is 14.6 Å². The normalized spacial score (nSPS) is 17.5. The summed E-state index contributed by atoms with van der Waals surface area (Å²) in [5.74, 6) is -0.289. The summed E-state index contributed by atoms with van der Waals surface area (Å²) < 4.78 is 33.0. The molecule has 1 aliphatic carbocycles. The van der Waals surface area contributed by atoms with Gasteiger partial charge in [-0.1, -0.05) is 24.3 Å². The Labute approximate surface area is 182 Å². The third kappa shape index (κ3) is 5.60. The first kappa shape index (κ1) is 21.7. The minimum Gasteiger partial charge on any atom is -0.494 e. The molecule has 0 aromatic heterocycles. The van der Waals surface area contributed by atoms with Gasteiger partial charge in [-0.15, -0.1) is 0 Å². The molecule has 166 valence electrons. The molecule has 1 aliphatic heterocycles. The molecule has 2 aliphatic rings. The molecule has 0 N–H and O–H groups in total. The molecule has 1 heterocycles. The van der Waals surface area contributed by atoms with E-state index in [4.69, 9.17) is 4.74 Å². The van der Waals surface area contributed by atoms with Crippen molar-refractivity contribution in [2.45, 2.75) is 32.0 Å². The lowest BCUT2D eigenvalue weighted by Gasteiger charge is -2.35. The van der Waals surface area contributed by atoms with Gasteiger partial charge in [0.25, 0.3) is 0 Å². The Bertz CT molecular complexity index is 911. The predicted octanol–water partition coefficient (Wildman–Crippen LogP) is 3.28. The molecule has 0 radical (unpaired) electrons. The van der Waals surface area contributed by atoms with Crippen molar-refractivity contribution in [2.24, 2.45) is 0 Å². The quantitative estimate of drug-likeness (QED) is 0.645. The first-order chi connectivity index (χ1) is 15.0. The summed E-state index contributed by atoms with van der Waals surface area (Å²) in [6, 6.07) is 12.0. The van der Waals surface area contributed by atoms with Crippen molar-refractivity contribution in [1.82, 2.24) is 14.7 Å². The van der Waals surface area contributed by atoms with Gasteiger partial charge < -0.3 is 9.64 Å². The number of rotatable bonds is 8. The summed E-state index contributed by atoms with van der Waals surface area (Å²) in [5, 5.41) is 0. The molecule has 5 nitrogen and oxygen atoms in total. The lowest BCUT2D eigenvalue weighted by atomic mass is 10.1. The summed E-state index contributed by atoms with van der Waals surface area (Å²) in [7, 11) is 1.46. The van der Waals surface area contributed by atoms with Crippen LogP contribution in [0.25, 0.3) is 0 Å². The molecular weight excluding hydrogens is 400 g/mol. The van der Waals surface area contributed by atoms with E-state index in [0.717, 1.165) is 44.6 Å². The van der Waals surface area contributed by atoms with E-state index in [1.54, 1.807) is 18.2 Å². The second-order valence-corrected chi connectivity index (χ2v) is 8.37. The number of hydrogen-bond acceptors (Lipinski definition) is 4. The number of halogens is 2. The van der Waals surface area contributed by atoms with E-state index in [-0.39, 0.29) is 29.3 Å². The summed E-state index contributed by atoms with van der Waals surface area (Å²) in [4.78, 5) is 19.2. The molecule has 0 atom stereocenters. The standard InChI is InChI=1S/C24H29F2N3O2/c1-31-23-9-6-18(14-22(23)26)15-27-10-12-28(13-11-27)17-24(30)29(20-7-8-20)16-19-4-2-3-5-21(19)25/h2-6,9,14,20H,7-8,10-13,15-17H2,1H3. The lowest BCUT2D eigenvalue weighted by molar-refractivity contribution is -0.134. The monoisotopic (exact) mass is 429 g/mol. The van der Waals surface area contributed by atoms with E-state index in [1.807, 2.05) is 17.0 Å². The number of ether oxygens (including phenoxy) is 1. The van der Waals surface area contributed by atoms with E-state index >= 15 is 0 Å². The van der Waals surface area contributed by atoms with Crippen molar-refractivity contribution in [3.63, 3.8) is 0 Å². The predicted molar refractivity (Wildman–Crippen MR) is 115 cm³/mol. The van der Waals surface area contributed by atoms with Gasteiger partial charge in [-0.05, 0) is 36.6 Å². The van der Waals surface area contributed by atoms with Gasteiger partial charge in [0.2, 0.25) is 5.91 Å². The number of carbonyl (C=O) groups excluding carboxylic acids is 1. The number of methoxy groups -OCH3 is 1. The zero-order chi connectivity index (χ0) is 21.8. The van der Waals surface area contributed by atoms with Crippen LogP contribution < -0.4 is 4.74 Å². The molecule has 4 rings (SSSR count). The van der Waals surface area contributed by atoms with Crippen LogP contribution in [-0.2, 0) is 17.9 Å². The van der Waals surface area contributed by atoms with Gasteiger partial charge in [0.05, 0.1) is 13.7 Å². The molecular formula is C24H29F2N3O2. The number of benzene rings is 2. The molecule has 1 saturated carbocycles. The maximum atomic E-state index is 14.1. The molecule has 0 unspecified atom stereocenters. The van der Waals surface area contributed by atoms with Crippen LogP contribution in [0.5, 0.6) is 5.75 Å². The SMILES string of the molecule is COc1ccc(CN2CCN(CC(=O)N(Cc3ccccc3F)C3CC3)CC2)cc1F. The largest absolute Gasteiger partial charge is 0.494 e. The van der Waals surface area contributed by atoms with E-state index in [9.17, 15) is 13.6 Å². The average molecular weight is 430 g/mol. The highest BCUT2D eigenvalue weighted by Crippen LogP contribution is 2.29. The van der Waals surface area contributed by atoms with E-state index in [1.165, 1.54) is 19.2 Å². The molecule has 1 amide bonds. The highest BCUT2D eigenvalue weighted by molar-refractivity contribution is 5.79. The van der Waals surface area contributed by atoms with Crippen LogP contribution in [0.4, 0.5) is 8.78 Å². The molecule has 0 spiro atoms. The Hall–Kier alpha value is -2.51. The van der Waals surface area contributed by atoms with Crippen LogP contribution in [-0.4, -0.2) is 66.5 Å². The lowest BCUT2D eigenvalue weighted by Crippen LogP contribution is -2.50. The minimum atomic E-state index is -0.348. The number of hydrogen-bond donors (Lipinski definition) is 0. The molecule has 1 saturated heterocycles. The Kier molecular flexibility index (Phi) is 6.83. The molecule has 2 fully saturated rings. The van der Waals surface area contributed by atoms with Crippen molar-refractivity contribution in [3.8, 4) is 5.75 Å². The Balaban J connectivity index is 1.28. The van der Waals surface area contributed by atoms with Crippen molar-refractivity contribution >= 4 is 5.91 Å². The first-order valence-electron chi connectivity index (χ1n) is 10.8. The third-order valence-electron chi connectivity index (χ3n) is 6.05. The first-order valence-corrected chi connectivity index (χ1v) is 10.8. The summed E-state index contributed by atoms with van der Waals surface area (Å²) in [6.45, 7) is 4.56. The maximum absolute atomic E-state index is 14.1. The fourth-order valence-electron chi connectivity index (χ4n) is 4.07. The highest BCUT2D eigenvalue weighted by atomic mass is 19.1. The van der Waals surface area contributed by atoms with Gasteiger partial charge in [0.15, 0.2) is 11.6 Å². The highest BCUT2D eigenvalue weighted by Gasteiger charge is 2.34. The fourth-order valence-corrected chi connectivity index (χ4v) is 4.07. The third-order valence-corrected chi connectivity index (χ3v) is 6.05. The van der Waals surface area contributed by atoms with Crippen molar-refractivity contribution in [3.05, 3.63) is 65.2 Å². The smallest absolute Gasteiger partial charge is 0.237 e. The molecule has 2 aromatic carbocycles. The van der Waals surface area contributed by atoms with Crippen LogP contribution in [0, 0.1) is 11.6 Å². The second kappa shape index (κ2) is 9.75. The van der Waals surface area contributed by atoms with Crippen molar-refractivity contribution in [1.29, 1.82) is 0 Å². The molecule has 31 heavy (non-hydrogen) atoms. The van der Waals surface area contributed by atoms with Gasteiger partial charge in [0, 0.05) is 50.9 Å². The number of nitrogens with zero attached hydrogens (tertiary/aromatic N) is 3. The van der Waals surface area contributed by atoms with E-state index in [0.29, 0.717) is 25.2 Å². The Morgan fingerprint density at radius 2 is 1.74 bits per heavy atom. The summed E-state index contributed by atoms with van der Waals surface area (Å²) in [5.41, 5.74) is 1.48. The van der Waals surface area contributed by atoms with Gasteiger partial charge in [0.1, 0.15) is 5.82 Å².